The molecule has 1 fully saturated rings. The van der Waals surface area contributed by atoms with Gasteiger partial charge in [-0.15, -0.1) is 0 Å². The van der Waals surface area contributed by atoms with Crippen LogP contribution in [-0.2, 0) is 78.6 Å². The number of unbranched alkanes of at least 4 members (excludes halogenated alkanes) is 2. The van der Waals surface area contributed by atoms with E-state index in [2.05, 4.69) is 31.9 Å². The van der Waals surface area contributed by atoms with Gasteiger partial charge in [-0.25, -0.2) is 14.2 Å². The molecule has 22 nitrogen and oxygen atoms in total. The maximum atomic E-state index is 15.3. The van der Waals surface area contributed by atoms with Gasteiger partial charge in [0.25, 0.3) is 5.56 Å². The SMILES string of the molecule is CCC(C)(C)C1CC(=O)N(CCCCCC(=O)NCC(=O)NCC(=O)N[C@@H](Cc2ccccc2)C(=O)NCC(=O)NCOCC(=O)N[C@H]2CCc3c(C)c(F)cc4nc5c(c2c34)Cn2c-5cc3c(c2=O)COC(=O)[C@H]3O)C1=O. The number of aromatic nitrogens is 2. The third kappa shape index (κ3) is 12.4. The number of halogens is 1. The molecule has 5 heterocycles. The summed E-state index contributed by atoms with van der Waals surface area (Å²) in [5, 5.41) is 26.7. The first-order chi connectivity index (χ1) is 37.3. The predicted octanol–water partition coefficient (Wildman–Crippen LogP) is 1.60. The topological polar surface area (TPSA) is 303 Å². The van der Waals surface area contributed by atoms with Crippen molar-refractivity contribution in [2.75, 3.05) is 39.5 Å². The predicted molar refractivity (Wildman–Crippen MR) is 277 cm³/mol. The number of aryl methyl sites for hydroxylation is 1. The van der Waals surface area contributed by atoms with Gasteiger partial charge in [0.05, 0.1) is 60.6 Å². The molecule has 1 unspecified atom stereocenters. The molecule has 23 heteroatoms. The summed E-state index contributed by atoms with van der Waals surface area (Å²) in [6.45, 7) is 5.32. The van der Waals surface area contributed by atoms with Crippen molar-refractivity contribution in [2.24, 2.45) is 11.3 Å². The smallest absolute Gasteiger partial charge is 0.340 e. The second kappa shape index (κ2) is 24.2. The van der Waals surface area contributed by atoms with Gasteiger partial charge >= 0.3 is 5.97 Å². The summed E-state index contributed by atoms with van der Waals surface area (Å²) in [6, 6.07) is 9.81. The maximum Gasteiger partial charge on any atom is 0.340 e. The van der Waals surface area contributed by atoms with Crippen LogP contribution in [-0.4, -0.2) is 118 Å². The Morgan fingerprint density at radius 2 is 1.60 bits per heavy atom. The maximum absolute atomic E-state index is 15.3. The fourth-order valence-electron chi connectivity index (χ4n) is 10.4. The molecule has 1 saturated heterocycles. The van der Waals surface area contributed by atoms with E-state index < -0.39 is 98.0 Å². The molecule has 7 N–H and O–H groups in total. The Hall–Kier alpha value is -7.92. The molecule has 4 aliphatic rings. The van der Waals surface area contributed by atoms with Gasteiger partial charge < -0.3 is 51.0 Å². The highest BCUT2D eigenvalue weighted by Crippen LogP contribution is 2.45. The minimum absolute atomic E-state index is 0.0381. The molecule has 0 bridgehead atoms. The molecule has 8 amide bonds. The first kappa shape index (κ1) is 56.3. The van der Waals surface area contributed by atoms with Crippen molar-refractivity contribution in [3.63, 3.8) is 0 Å². The number of carbonyl (C=O) groups excluding carboxylic acids is 9. The Bertz CT molecular complexity index is 3140. The van der Waals surface area contributed by atoms with E-state index in [0.29, 0.717) is 83.2 Å². The average molecular weight is 1080 g/mol. The number of nitrogens with one attached hydrogen (secondary N) is 6. The van der Waals surface area contributed by atoms with Crippen LogP contribution < -0.4 is 37.5 Å². The minimum Gasteiger partial charge on any atom is -0.458 e. The summed E-state index contributed by atoms with van der Waals surface area (Å²) in [4.78, 5) is 135. The fourth-order valence-corrected chi connectivity index (χ4v) is 10.4. The number of hydrogen-bond acceptors (Lipinski definition) is 14. The lowest BCUT2D eigenvalue weighted by molar-refractivity contribution is -0.157. The molecule has 2 aromatic carbocycles. The number of ether oxygens (including phenoxy) is 2. The first-order valence-electron chi connectivity index (χ1n) is 26.1. The molecule has 0 radical (unpaired) electrons. The number of nitrogens with zero attached hydrogens (tertiary/aromatic N) is 3. The number of fused-ring (bicyclic) bond motifs is 5. The Labute approximate surface area is 447 Å². The summed E-state index contributed by atoms with van der Waals surface area (Å²) in [5.74, 6) is -5.70. The molecule has 0 saturated carbocycles. The molecule has 4 aromatic rings. The van der Waals surface area contributed by atoms with E-state index in [4.69, 9.17) is 14.5 Å². The molecular weight excluding hydrogens is 1010 g/mol. The number of imide groups is 1. The van der Waals surface area contributed by atoms with Crippen molar-refractivity contribution >= 4 is 64.1 Å². The van der Waals surface area contributed by atoms with Crippen molar-refractivity contribution in [2.45, 2.75) is 117 Å². The van der Waals surface area contributed by atoms with Crippen LogP contribution in [0.3, 0.4) is 0 Å². The minimum atomic E-state index is -1.67. The fraction of sp³-hybridized carbons (Fsp3) is 0.473. The van der Waals surface area contributed by atoms with E-state index in [0.717, 1.165) is 12.0 Å². The molecule has 78 heavy (non-hydrogen) atoms. The number of carbonyl (C=O) groups is 9. The molecule has 4 atom stereocenters. The highest BCUT2D eigenvalue weighted by atomic mass is 19.1. The van der Waals surface area contributed by atoms with Gasteiger partial charge in [-0.1, -0.05) is 63.9 Å². The standard InChI is InChI=1S/C55H64FN9O13/c1-5-55(3,4)35-20-46(71)64(53(35)75)17-11-7-10-14-41(66)57-22-42(67)58-24-44(69)62-39(18-30-12-8-6-9-13-30)51(73)59-23-43(68)60-28-77-27-45(70)61-37-16-15-31-29(2)36(56)21-38-47(31)48(37)33-25-65-40(49(33)63-38)19-32-34(52(65)74)26-78-54(76)50(32)72/h6,8-9,12-13,19,21,35,37,39,50,72H,5,7,10-11,14-18,20,22-28H2,1-4H3,(H,57,66)(H,58,67)(H,59,73)(H,60,68)(H,61,70)(H,62,69)/t35?,37-,39-,50-/m0/s1. The lowest BCUT2D eigenvalue weighted by Crippen LogP contribution is -2.52. The Morgan fingerprint density at radius 1 is 0.885 bits per heavy atom. The summed E-state index contributed by atoms with van der Waals surface area (Å²) in [6.07, 6.45) is 1.84. The number of pyridine rings is 2. The Kier molecular flexibility index (Phi) is 17.4. The monoisotopic (exact) mass is 1080 g/mol. The Morgan fingerprint density at radius 3 is 2.36 bits per heavy atom. The van der Waals surface area contributed by atoms with Crippen molar-refractivity contribution in [3.05, 3.63) is 97.6 Å². The number of hydrogen-bond donors (Lipinski definition) is 7. The zero-order valence-electron chi connectivity index (χ0n) is 43.9. The van der Waals surface area contributed by atoms with Crippen LogP contribution in [0.15, 0.2) is 47.3 Å². The zero-order chi connectivity index (χ0) is 56.0. The molecule has 1 aliphatic carbocycles. The van der Waals surface area contributed by atoms with E-state index in [1.807, 2.05) is 20.8 Å². The highest BCUT2D eigenvalue weighted by molar-refractivity contribution is 6.04. The Balaban J connectivity index is 0.771. The lowest BCUT2D eigenvalue weighted by atomic mass is 9.76. The van der Waals surface area contributed by atoms with Gasteiger partial charge in [-0.2, -0.15) is 0 Å². The van der Waals surface area contributed by atoms with Crippen molar-refractivity contribution in [1.82, 2.24) is 46.4 Å². The summed E-state index contributed by atoms with van der Waals surface area (Å²) >= 11 is 0. The van der Waals surface area contributed by atoms with Crippen molar-refractivity contribution in [1.29, 1.82) is 0 Å². The second-order valence-electron chi connectivity index (χ2n) is 20.7. The van der Waals surface area contributed by atoms with E-state index >= 15 is 4.39 Å². The van der Waals surface area contributed by atoms with E-state index in [1.165, 1.54) is 21.6 Å². The molecule has 2 aromatic heterocycles. The lowest BCUT2D eigenvalue weighted by Gasteiger charge is -2.29. The van der Waals surface area contributed by atoms with Crippen LogP contribution in [0.5, 0.6) is 0 Å². The van der Waals surface area contributed by atoms with Crippen LogP contribution in [0, 0.1) is 24.1 Å². The van der Waals surface area contributed by atoms with Gasteiger partial charge in [-0.05, 0) is 66.3 Å². The normalized spacial score (nSPS) is 17.6. The number of likely N-dealkylation sites (tertiary alicyclic amines) is 1. The molecule has 3 aliphatic heterocycles. The van der Waals surface area contributed by atoms with Crippen LogP contribution in [0.25, 0.3) is 22.3 Å². The van der Waals surface area contributed by atoms with Gasteiger partial charge in [0.1, 0.15) is 31.8 Å². The molecular formula is C55H64FN9O13. The number of rotatable bonds is 23. The molecule has 8 rings (SSSR count). The number of aliphatic hydroxyl groups is 1. The van der Waals surface area contributed by atoms with Crippen LogP contribution in [0.2, 0.25) is 0 Å². The van der Waals surface area contributed by atoms with Crippen LogP contribution in [0.4, 0.5) is 4.39 Å². The number of esters is 1. The van der Waals surface area contributed by atoms with E-state index in [9.17, 15) is 53.1 Å². The number of amides is 8. The van der Waals surface area contributed by atoms with E-state index in [-0.39, 0.29) is 72.6 Å². The van der Waals surface area contributed by atoms with Crippen molar-refractivity contribution in [3.8, 4) is 11.4 Å². The summed E-state index contributed by atoms with van der Waals surface area (Å²) in [7, 11) is 0. The largest absolute Gasteiger partial charge is 0.458 e. The number of cyclic esters (lactones) is 1. The average Bonchev–Trinajstić information content (AvgIpc) is 4.16. The van der Waals surface area contributed by atoms with Gasteiger partial charge in [-0.3, -0.25) is 48.1 Å². The zero-order valence-corrected chi connectivity index (χ0v) is 43.9. The highest BCUT2D eigenvalue weighted by Gasteiger charge is 2.45. The van der Waals surface area contributed by atoms with Gasteiger partial charge in [0.2, 0.25) is 47.3 Å². The molecule has 414 valence electrons. The van der Waals surface area contributed by atoms with Gasteiger partial charge in [0, 0.05) is 48.4 Å². The number of aliphatic hydroxyl groups excluding tert-OH is 1. The number of benzene rings is 2. The molecule has 0 spiro atoms. The van der Waals surface area contributed by atoms with Crippen LogP contribution in [0.1, 0.15) is 117 Å². The third-order valence-corrected chi connectivity index (χ3v) is 15.2. The quantitative estimate of drug-likeness (QED) is 0.0212. The van der Waals surface area contributed by atoms with Gasteiger partial charge in [0.15, 0.2) is 6.10 Å². The summed E-state index contributed by atoms with van der Waals surface area (Å²) in [5.41, 5.74) is 3.59. The van der Waals surface area contributed by atoms with E-state index in [1.54, 1.807) is 37.3 Å². The van der Waals surface area contributed by atoms with Crippen LogP contribution >= 0.6 is 0 Å². The third-order valence-electron chi connectivity index (χ3n) is 15.2. The summed E-state index contributed by atoms with van der Waals surface area (Å²) < 4.78 is 27.2. The second-order valence-corrected chi connectivity index (χ2v) is 20.7. The van der Waals surface area contributed by atoms with Crippen molar-refractivity contribution < 1.29 is 62.1 Å². The first-order valence-corrected chi connectivity index (χ1v) is 26.1.